The Kier molecular flexibility index (Phi) is 4.94. The van der Waals surface area contributed by atoms with Gasteiger partial charge in [-0.15, -0.1) is 0 Å². The van der Waals surface area contributed by atoms with E-state index in [1.165, 1.54) is 11.1 Å². The molecule has 29 heavy (non-hydrogen) atoms. The molecule has 1 saturated carbocycles. The molecule has 0 atom stereocenters. The summed E-state index contributed by atoms with van der Waals surface area (Å²) in [7, 11) is 0. The Balaban J connectivity index is 1.71. The van der Waals surface area contributed by atoms with Gasteiger partial charge in [0.15, 0.2) is 0 Å². The molecule has 1 fully saturated rings. The highest BCUT2D eigenvalue weighted by molar-refractivity contribution is 5.99. The summed E-state index contributed by atoms with van der Waals surface area (Å²) in [6.07, 6.45) is 1.73. The topological polar surface area (TPSA) is 52.9 Å². The number of benzene rings is 3. The number of carbonyl (C=O) groups excluding carboxylic acids is 1. The van der Waals surface area contributed by atoms with Crippen molar-refractivity contribution in [3.8, 4) is 6.07 Å². The third kappa shape index (κ3) is 3.54. The lowest BCUT2D eigenvalue weighted by Crippen LogP contribution is -2.31. The first-order valence-corrected chi connectivity index (χ1v) is 9.98. The molecule has 0 spiro atoms. The van der Waals surface area contributed by atoms with E-state index in [1.54, 1.807) is 0 Å². The molecule has 0 radical (unpaired) electrons. The Morgan fingerprint density at radius 2 is 1.41 bits per heavy atom. The number of aryl methyl sites for hydroxylation is 2. The first kappa shape index (κ1) is 19.0. The van der Waals surface area contributed by atoms with Crippen LogP contribution in [0.1, 0.15) is 46.6 Å². The summed E-state index contributed by atoms with van der Waals surface area (Å²) in [4.78, 5) is 13.6. The average molecular weight is 380 g/mol. The lowest BCUT2D eigenvalue weighted by Gasteiger charge is -2.28. The normalized spacial score (nSPS) is 14.3. The molecule has 1 aliphatic carbocycles. The molecule has 3 nitrogen and oxygen atoms in total. The highest BCUT2D eigenvalue weighted by Gasteiger charge is 2.56. The summed E-state index contributed by atoms with van der Waals surface area (Å²) >= 11 is 0. The van der Waals surface area contributed by atoms with E-state index in [0.29, 0.717) is 5.56 Å². The molecule has 3 aromatic carbocycles. The monoisotopic (exact) mass is 380 g/mol. The highest BCUT2D eigenvalue weighted by Crippen LogP contribution is 2.59. The molecule has 1 amide bonds. The molecule has 1 aliphatic rings. The van der Waals surface area contributed by atoms with E-state index in [4.69, 9.17) is 0 Å². The predicted molar refractivity (Wildman–Crippen MR) is 116 cm³/mol. The van der Waals surface area contributed by atoms with Gasteiger partial charge < -0.3 is 5.32 Å². The number of carbonyl (C=O) groups is 1. The second kappa shape index (κ2) is 7.56. The highest BCUT2D eigenvalue weighted by atomic mass is 16.2. The summed E-state index contributed by atoms with van der Waals surface area (Å²) in [6.45, 7) is 3.88. The molecular weight excluding hydrogens is 356 g/mol. The molecule has 1 N–H and O–H groups in total. The Bertz CT molecular complexity index is 1010. The van der Waals surface area contributed by atoms with Crippen LogP contribution in [0.4, 0.5) is 5.69 Å². The fourth-order valence-electron chi connectivity index (χ4n) is 4.37. The van der Waals surface area contributed by atoms with Crippen LogP contribution in [-0.2, 0) is 4.79 Å². The molecule has 0 heterocycles. The standard InChI is InChI=1S/C26H24N2O/c1-18-15-20(17-27)16-19(2)24(18)28-25(29)26(13-14-26)23(21-9-5-3-6-10-21)22-11-7-4-8-12-22/h3-12,15-16,23H,13-14H2,1-2H3,(H,28,29). The quantitative estimate of drug-likeness (QED) is 0.615. The lowest BCUT2D eigenvalue weighted by molar-refractivity contribution is -0.121. The second-order valence-electron chi connectivity index (χ2n) is 7.96. The first-order chi connectivity index (χ1) is 14.0. The fraction of sp³-hybridized carbons (Fsp3) is 0.231. The van der Waals surface area contributed by atoms with Crippen molar-refractivity contribution in [1.29, 1.82) is 5.26 Å². The van der Waals surface area contributed by atoms with Gasteiger partial charge in [0.05, 0.1) is 17.0 Å². The minimum absolute atomic E-state index is 0.0175. The van der Waals surface area contributed by atoms with Gasteiger partial charge in [-0.1, -0.05) is 60.7 Å². The van der Waals surface area contributed by atoms with Crippen LogP contribution in [0.5, 0.6) is 0 Å². The van der Waals surface area contributed by atoms with Crippen molar-refractivity contribution in [2.24, 2.45) is 5.41 Å². The molecule has 0 bridgehead atoms. The van der Waals surface area contributed by atoms with Crippen molar-refractivity contribution in [3.05, 3.63) is 101 Å². The van der Waals surface area contributed by atoms with E-state index < -0.39 is 5.41 Å². The number of hydrogen-bond acceptors (Lipinski definition) is 2. The minimum Gasteiger partial charge on any atom is -0.325 e. The number of amides is 1. The van der Waals surface area contributed by atoms with Crippen LogP contribution in [0.2, 0.25) is 0 Å². The molecule has 0 saturated heterocycles. The molecule has 0 aliphatic heterocycles. The van der Waals surface area contributed by atoms with Crippen LogP contribution in [0.15, 0.2) is 72.8 Å². The summed E-state index contributed by atoms with van der Waals surface area (Å²) in [6, 6.07) is 26.5. The van der Waals surface area contributed by atoms with Gasteiger partial charge in [0.25, 0.3) is 0 Å². The van der Waals surface area contributed by atoms with Crippen molar-refractivity contribution >= 4 is 11.6 Å². The lowest BCUT2D eigenvalue weighted by atomic mass is 9.77. The molecule has 3 aromatic rings. The van der Waals surface area contributed by atoms with Crippen LogP contribution in [0, 0.1) is 30.6 Å². The van der Waals surface area contributed by atoms with Gasteiger partial charge in [0.1, 0.15) is 0 Å². The number of rotatable bonds is 5. The van der Waals surface area contributed by atoms with Gasteiger partial charge >= 0.3 is 0 Å². The van der Waals surface area contributed by atoms with E-state index >= 15 is 0 Å². The third-order valence-corrected chi connectivity index (χ3v) is 5.96. The van der Waals surface area contributed by atoms with Crippen molar-refractivity contribution < 1.29 is 4.79 Å². The maximum Gasteiger partial charge on any atom is 0.231 e. The first-order valence-electron chi connectivity index (χ1n) is 9.98. The van der Waals surface area contributed by atoms with Crippen LogP contribution in [-0.4, -0.2) is 5.91 Å². The van der Waals surface area contributed by atoms with E-state index in [1.807, 2.05) is 62.4 Å². The van der Waals surface area contributed by atoms with Crippen LogP contribution in [0.25, 0.3) is 0 Å². The second-order valence-corrected chi connectivity index (χ2v) is 7.96. The molecule has 0 aromatic heterocycles. The summed E-state index contributed by atoms with van der Waals surface area (Å²) in [5.41, 5.74) is 5.16. The number of hydrogen-bond donors (Lipinski definition) is 1. The molecule has 144 valence electrons. The van der Waals surface area contributed by atoms with Gasteiger partial charge in [0, 0.05) is 11.6 Å². The Morgan fingerprint density at radius 1 is 0.931 bits per heavy atom. The minimum atomic E-state index is -0.449. The van der Waals surface area contributed by atoms with Gasteiger partial charge in [0.2, 0.25) is 5.91 Å². The van der Waals surface area contributed by atoms with Crippen molar-refractivity contribution in [3.63, 3.8) is 0 Å². The zero-order valence-electron chi connectivity index (χ0n) is 16.8. The van der Waals surface area contributed by atoms with Crippen molar-refractivity contribution in [2.45, 2.75) is 32.6 Å². The van der Waals surface area contributed by atoms with Crippen molar-refractivity contribution in [2.75, 3.05) is 5.32 Å². The number of nitrogens with zero attached hydrogens (tertiary/aromatic N) is 1. The van der Waals surface area contributed by atoms with Gasteiger partial charge in [-0.05, 0) is 61.1 Å². The Labute approximate surface area is 172 Å². The predicted octanol–water partition coefficient (Wildman–Crippen LogP) is 5.73. The molecule has 0 unspecified atom stereocenters. The summed E-state index contributed by atoms with van der Waals surface area (Å²) in [5, 5.41) is 12.4. The SMILES string of the molecule is Cc1cc(C#N)cc(C)c1NC(=O)C1(C(c2ccccc2)c2ccccc2)CC1. The third-order valence-electron chi connectivity index (χ3n) is 5.96. The van der Waals surface area contributed by atoms with Crippen molar-refractivity contribution in [1.82, 2.24) is 0 Å². The van der Waals surface area contributed by atoms with Crippen LogP contribution < -0.4 is 5.32 Å². The average Bonchev–Trinajstić information content (AvgIpc) is 3.54. The Morgan fingerprint density at radius 3 is 1.83 bits per heavy atom. The largest absolute Gasteiger partial charge is 0.325 e. The van der Waals surface area contributed by atoms with E-state index in [-0.39, 0.29) is 11.8 Å². The Hall–Kier alpha value is -3.38. The molecular formula is C26H24N2O. The molecule has 3 heteroatoms. The van der Waals surface area contributed by atoms with Crippen LogP contribution >= 0.6 is 0 Å². The van der Waals surface area contributed by atoms with E-state index in [0.717, 1.165) is 29.7 Å². The van der Waals surface area contributed by atoms with E-state index in [2.05, 4.69) is 35.7 Å². The summed E-state index contributed by atoms with van der Waals surface area (Å²) < 4.78 is 0. The zero-order chi connectivity index (χ0) is 20.4. The van der Waals surface area contributed by atoms with Gasteiger partial charge in [-0.2, -0.15) is 5.26 Å². The summed E-state index contributed by atoms with van der Waals surface area (Å²) in [5.74, 6) is 0.0787. The smallest absolute Gasteiger partial charge is 0.231 e. The maximum atomic E-state index is 13.6. The van der Waals surface area contributed by atoms with Gasteiger partial charge in [-0.3, -0.25) is 4.79 Å². The zero-order valence-corrected chi connectivity index (χ0v) is 16.8. The number of anilines is 1. The maximum absolute atomic E-state index is 13.6. The fourth-order valence-corrected chi connectivity index (χ4v) is 4.37. The molecule has 4 rings (SSSR count). The number of nitrogens with one attached hydrogen (secondary N) is 1. The number of nitriles is 1. The van der Waals surface area contributed by atoms with Gasteiger partial charge in [-0.25, -0.2) is 0 Å². The van der Waals surface area contributed by atoms with Crippen LogP contribution in [0.3, 0.4) is 0 Å². The van der Waals surface area contributed by atoms with E-state index in [9.17, 15) is 10.1 Å².